The zero-order valence-corrected chi connectivity index (χ0v) is 14.2. The number of nitrogens with zero attached hydrogens (tertiary/aromatic N) is 2. The highest BCUT2D eigenvalue weighted by Crippen LogP contribution is 2.34. The van der Waals surface area contributed by atoms with Crippen LogP contribution in [-0.4, -0.2) is 24.1 Å². The Hall–Kier alpha value is -2.61. The lowest BCUT2D eigenvalue weighted by Gasteiger charge is -2.18. The Morgan fingerprint density at radius 1 is 1.38 bits per heavy atom. The van der Waals surface area contributed by atoms with Crippen LogP contribution in [0.2, 0.25) is 0 Å². The van der Waals surface area contributed by atoms with Gasteiger partial charge in [0.2, 0.25) is 0 Å². The van der Waals surface area contributed by atoms with Gasteiger partial charge in [0.25, 0.3) is 0 Å². The van der Waals surface area contributed by atoms with Crippen molar-refractivity contribution < 1.29 is 9.53 Å². The van der Waals surface area contributed by atoms with Crippen LogP contribution in [0.4, 0.5) is 5.69 Å². The van der Waals surface area contributed by atoms with Crippen LogP contribution in [0.15, 0.2) is 18.3 Å². The molecule has 0 saturated heterocycles. The largest absolute Gasteiger partial charge is 0.469 e. The number of ether oxygens (including phenoxy) is 1. The molecule has 2 aromatic rings. The third-order valence-corrected chi connectivity index (χ3v) is 4.74. The zero-order chi connectivity index (χ0) is 17.3. The Balaban J connectivity index is 1.97. The molecule has 5 nitrogen and oxygen atoms in total. The lowest BCUT2D eigenvalue weighted by atomic mass is 10.0. The Bertz CT molecular complexity index is 839. The highest BCUT2D eigenvalue weighted by atomic mass is 16.5. The van der Waals surface area contributed by atoms with Gasteiger partial charge in [-0.2, -0.15) is 5.26 Å². The van der Waals surface area contributed by atoms with Crippen LogP contribution < -0.4 is 5.32 Å². The van der Waals surface area contributed by atoms with Crippen molar-refractivity contribution in [3.8, 4) is 6.07 Å². The van der Waals surface area contributed by atoms with Crippen molar-refractivity contribution in [1.82, 2.24) is 4.98 Å². The minimum atomic E-state index is -0.147. The van der Waals surface area contributed by atoms with E-state index in [9.17, 15) is 10.1 Å². The number of hydrogen-bond acceptors (Lipinski definition) is 5. The molecule has 1 heterocycles. The Kier molecular flexibility index (Phi) is 4.39. The number of benzene rings is 1. The number of hydrogen-bond donors (Lipinski definition) is 1. The van der Waals surface area contributed by atoms with Gasteiger partial charge in [-0.15, -0.1) is 0 Å². The molecule has 2 atom stereocenters. The second-order valence-corrected chi connectivity index (χ2v) is 6.51. The third kappa shape index (κ3) is 2.92. The lowest BCUT2D eigenvalue weighted by molar-refractivity contribution is -0.145. The molecule has 1 saturated carbocycles. The first-order valence-electron chi connectivity index (χ1n) is 8.18. The van der Waals surface area contributed by atoms with Crippen molar-refractivity contribution in [1.29, 1.82) is 5.26 Å². The smallest absolute Gasteiger partial charge is 0.308 e. The fourth-order valence-corrected chi connectivity index (χ4v) is 3.60. The molecule has 1 aliphatic carbocycles. The third-order valence-electron chi connectivity index (χ3n) is 4.74. The minimum absolute atomic E-state index is 0.0605. The summed E-state index contributed by atoms with van der Waals surface area (Å²) >= 11 is 0. The number of methoxy groups -OCH3 is 1. The molecule has 1 aromatic carbocycles. The second-order valence-electron chi connectivity index (χ2n) is 6.51. The van der Waals surface area contributed by atoms with Crippen molar-refractivity contribution in [3.05, 3.63) is 35.0 Å². The number of pyridine rings is 1. The number of rotatable bonds is 3. The molecule has 1 aliphatic rings. The number of esters is 1. The molecular formula is C19H21N3O2. The fourth-order valence-electron chi connectivity index (χ4n) is 3.60. The summed E-state index contributed by atoms with van der Waals surface area (Å²) in [5.41, 5.74) is 4.50. The van der Waals surface area contributed by atoms with E-state index in [4.69, 9.17) is 4.74 Å². The predicted molar refractivity (Wildman–Crippen MR) is 92.7 cm³/mol. The van der Waals surface area contributed by atoms with Crippen molar-refractivity contribution in [2.75, 3.05) is 12.4 Å². The van der Waals surface area contributed by atoms with Gasteiger partial charge in [0.1, 0.15) is 6.07 Å². The van der Waals surface area contributed by atoms with E-state index < -0.39 is 0 Å². The van der Waals surface area contributed by atoms with Crippen molar-refractivity contribution >= 4 is 22.6 Å². The lowest BCUT2D eigenvalue weighted by Crippen LogP contribution is -2.19. The maximum absolute atomic E-state index is 11.7. The average Bonchev–Trinajstić information content (AvgIpc) is 3.03. The summed E-state index contributed by atoms with van der Waals surface area (Å²) in [5, 5.41) is 13.9. The maximum atomic E-state index is 11.7. The summed E-state index contributed by atoms with van der Waals surface area (Å²) in [5.74, 6) is -0.208. The van der Waals surface area contributed by atoms with Crippen LogP contribution in [0, 0.1) is 31.1 Å². The number of carbonyl (C=O) groups is 1. The summed E-state index contributed by atoms with van der Waals surface area (Å²) in [6, 6.07) is 6.54. The number of nitriles is 1. The highest BCUT2D eigenvalue weighted by Gasteiger charge is 2.31. The zero-order valence-electron chi connectivity index (χ0n) is 14.2. The van der Waals surface area contributed by atoms with E-state index in [1.54, 1.807) is 6.20 Å². The molecular weight excluding hydrogens is 302 g/mol. The van der Waals surface area contributed by atoms with Gasteiger partial charge in [-0.3, -0.25) is 9.78 Å². The van der Waals surface area contributed by atoms with Crippen molar-refractivity contribution in [2.45, 2.75) is 39.2 Å². The van der Waals surface area contributed by atoms with E-state index in [2.05, 4.69) is 28.5 Å². The first kappa shape index (κ1) is 16.3. The molecule has 1 fully saturated rings. The van der Waals surface area contributed by atoms with Crippen LogP contribution in [-0.2, 0) is 9.53 Å². The van der Waals surface area contributed by atoms with E-state index in [-0.39, 0.29) is 17.9 Å². The van der Waals surface area contributed by atoms with Crippen LogP contribution >= 0.6 is 0 Å². The fraction of sp³-hybridized carbons (Fsp3) is 0.421. The SMILES string of the molecule is COC(=O)[C@H]1CC[C@@H](Nc2c(C#N)cnc3c(C)cc(C)cc23)C1. The number of anilines is 1. The first-order valence-corrected chi connectivity index (χ1v) is 8.18. The normalized spacial score (nSPS) is 19.9. The van der Waals surface area contributed by atoms with Crippen molar-refractivity contribution in [3.63, 3.8) is 0 Å². The number of aryl methyl sites for hydroxylation is 2. The molecule has 5 heteroatoms. The van der Waals surface area contributed by atoms with E-state index in [0.717, 1.165) is 47.0 Å². The number of fused-ring (bicyclic) bond motifs is 1. The summed E-state index contributed by atoms with van der Waals surface area (Å²) in [7, 11) is 1.43. The van der Waals surface area contributed by atoms with Crippen LogP contribution in [0.25, 0.3) is 10.9 Å². The molecule has 1 N–H and O–H groups in total. The summed E-state index contributed by atoms with van der Waals surface area (Å²) in [4.78, 5) is 16.2. The molecule has 0 spiro atoms. The molecule has 0 unspecified atom stereocenters. The highest BCUT2D eigenvalue weighted by molar-refractivity contribution is 5.96. The Morgan fingerprint density at radius 3 is 2.88 bits per heavy atom. The van der Waals surface area contributed by atoms with Crippen LogP contribution in [0.3, 0.4) is 0 Å². The van der Waals surface area contributed by atoms with E-state index in [0.29, 0.717) is 5.56 Å². The van der Waals surface area contributed by atoms with Gasteiger partial charge in [-0.05, 0) is 44.7 Å². The van der Waals surface area contributed by atoms with Gasteiger partial charge in [0.05, 0.1) is 29.8 Å². The van der Waals surface area contributed by atoms with Gasteiger partial charge in [0, 0.05) is 17.6 Å². The van der Waals surface area contributed by atoms with Crippen molar-refractivity contribution in [2.24, 2.45) is 5.92 Å². The van der Waals surface area contributed by atoms with Gasteiger partial charge < -0.3 is 10.1 Å². The minimum Gasteiger partial charge on any atom is -0.469 e. The molecule has 124 valence electrons. The molecule has 0 amide bonds. The quantitative estimate of drug-likeness (QED) is 0.875. The maximum Gasteiger partial charge on any atom is 0.308 e. The molecule has 1 aromatic heterocycles. The Morgan fingerprint density at radius 2 is 2.17 bits per heavy atom. The summed E-state index contributed by atoms with van der Waals surface area (Å²) < 4.78 is 4.85. The van der Waals surface area contributed by atoms with E-state index in [1.165, 1.54) is 7.11 Å². The second kappa shape index (κ2) is 6.48. The molecule has 0 bridgehead atoms. The topological polar surface area (TPSA) is 75.0 Å². The first-order chi connectivity index (χ1) is 11.5. The van der Waals surface area contributed by atoms with Crippen LogP contribution in [0.5, 0.6) is 0 Å². The number of aromatic nitrogens is 1. The Labute approximate surface area is 141 Å². The van der Waals surface area contributed by atoms with Crippen LogP contribution in [0.1, 0.15) is 36.0 Å². The summed E-state index contributed by atoms with van der Waals surface area (Å²) in [6.07, 6.45) is 4.05. The number of nitrogens with one attached hydrogen (secondary N) is 1. The standard InChI is InChI=1S/C19H21N3O2/c1-11-6-12(2)17-16(7-11)18(14(9-20)10-21-17)22-15-5-4-13(8-15)19(23)24-3/h6-7,10,13,15H,4-5,8H2,1-3H3,(H,21,22)/t13-,15+/m0/s1. The molecule has 0 radical (unpaired) electrons. The predicted octanol–water partition coefficient (Wildman–Crippen LogP) is 3.48. The summed E-state index contributed by atoms with van der Waals surface area (Å²) in [6.45, 7) is 4.07. The molecule has 0 aliphatic heterocycles. The van der Waals surface area contributed by atoms with Gasteiger partial charge in [-0.25, -0.2) is 0 Å². The van der Waals surface area contributed by atoms with E-state index in [1.807, 2.05) is 13.8 Å². The number of carbonyl (C=O) groups excluding carboxylic acids is 1. The van der Waals surface area contributed by atoms with Gasteiger partial charge in [0.15, 0.2) is 0 Å². The van der Waals surface area contributed by atoms with Gasteiger partial charge in [-0.1, -0.05) is 11.6 Å². The van der Waals surface area contributed by atoms with E-state index >= 15 is 0 Å². The monoisotopic (exact) mass is 323 g/mol. The van der Waals surface area contributed by atoms with Gasteiger partial charge >= 0.3 is 5.97 Å². The molecule has 24 heavy (non-hydrogen) atoms. The average molecular weight is 323 g/mol. The molecule has 3 rings (SSSR count).